The van der Waals surface area contributed by atoms with E-state index in [2.05, 4.69) is 43.6 Å². The van der Waals surface area contributed by atoms with Crippen LogP contribution in [0.1, 0.15) is 26.3 Å². The van der Waals surface area contributed by atoms with Crippen LogP contribution in [0, 0.1) is 0 Å². The fourth-order valence-corrected chi connectivity index (χ4v) is 2.78. The van der Waals surface area contributed by atoms with Gasteiger partial charge >= 0.3 is 0 Å². The fraction of sp³-hybridized carbons (Fsp3) is 0.214. The average Bonchev–Trinajstić information content (AvgIpc) is 2.56. The lowest BCUT2D eigenvalue weighted by Crippen LogP contribution is -1.88. The Hall–Kier alpha value is -1.61. The third-order valence-electron chi connectivity index (χ3n) is 2.62. The molecule has 3 heteroatoms. The molecule has 0 amide bonds. The molecule has 0 saturated heterocycles. The SMILES string of the molecule is C=C(C)C(=C(C)C)c1ccc2sc(N)nc2c1. The van der Waals surface area contributed by atoms with E-state index < -0.39 is 0 Å². The van der Waals surface area contributed by atoms with E-state index in [0.29, 0.717) is 5.13 Å². The summed E-state index contributed by atoms with van der Waals surface area (Å²) in [5, 5.41) is 0.617. The topological polar surface area (TPSA) is 38.9 Å². The molecular formula is C14H16N2S. The van der Waals surface area contributed by atoms with E-state index in [0.717, 1.165) is 21.4 Å². The summed E-state index contributed by atoms with van der Waals surface area (Å²) < 4.78 is 1.13. The summed E-state index contributed by atoms with van der Waals surface area (Å²) in [6.45, 7) is 10.3. The van der Waals surface area contributed by atoms with Crippen molar-refractivity contribution in [2.24, 2.45) is 0 Å². The monoisotopic (exact) mass is 244 g/mol. The van der Waals surface area contributed by atoms with Crippen LogP contribution in [0.3, 0.4) is 0 Å². The number of nitrogens with two attached hydrogens (primary N) is 1. The van der Waals surface area contributed by atoms with Crippen molar-refractivity contribution in [3.63, 3.8) is 0 Å². The van der Waals surface area contributed by atoms with Crippen molar-refractivity contribution < 1.29 is 0 Å². The molecular weight excluding hydrogens is 228 g/mol. The summed E-state index contributed by atoms with van der Waals surface area (Å²) >= 11 is 1.52. The summed E-state index contributed by atoms with van der Waals surface area (Å²) in [5.74, 6) is 0. The van der Waals surface area contributed by atoms with E-state index in [9.17, 15) is 0 Å². The molecule has 17 heavy (non-hydrogen) atoms. The number of allylic oxidation sites excluding steroid dienone is 3. The van der Waals surface area contributed by atoms with Gasteiger partial charge in [-0.05, 0) is 44.0 Å². The van der Waals surface area contributed by atoms with Crippen molar-refractivity contribution in [2.75, 3.05) is 5.73 Å². The largest absolute Gasteiger partial charge is 0.375 e. The Balaban J connectivity index is 2.63. The Morgan fingerprint density at radius 1 is 1.29 bits per heavy atom. The van der Waals surface area contributed by atoms with Gasteiger partial charge in [-0.2, -0.15) is 0 Å². The fourth-order valence-electron chi connectivity index (χ4n) is 2.06. The van der Waals surface area contributed by atoms with Crippen LogP contribution in [0.15, 0.2) is 35.9 Å². The van der Waals surface area contributed by atoms with E-state index >= 15 is 0 Å². The highest BCUT2D eigenvalue weighted by Crippen LogP contribution is 2.30. The number of fused-ring (bicyclic) bond motifs is 1. The van der Waals surface area contributed by atoms with E-state index in [1.165, 1.54) is 22.5 Å². The minimum absolute atomic E-state index is 0.617. The van der Waals surface area contributed by atoms with Crippen molar-refractivity contribution in [3.8, 4) is 0 Å². The highest BCUT2D eigenvalue weighted by atomic mass is 32.1. The van der Waals surface area contributed by atoms with Gasteiger partial charge in [-0.3, -0.25) is 0 Å². The Morgan fingerprint density at radius 3 is 2.59 bits per heavy atom. The molecule has 0 bridgehead atoms. The quantitative estimate of drug-likeness (QED) is 0.802. The summed E-state index contributed by atoms with van der Waals surface area (Å²) in [5.41, 5.74) is 11.4. The first-order valence-corrected chi connectivity index (χ1v) is 6.30. The minimum atomic E-state index is 0.617. The molecule has 0 fully saturated rings. The molecule has 2 aromatic rings. The maximum absolute atomic E-state index is 5.71. The number of benzene rings is 1. The van der Waals surface area contributed by atoms with Gasteiger partial charge in [0, 0.05) is 0 Å². The number of rotatable bonds is 2. The van der Waals surface area contributed by atoms with Crippen LogP contribution >= 0.6 is 11.3 Å². The second-order valence-electron chi connectivity index (χ2n) is 4.39. The van der Waals surface area contributed by atoms with Crippen molar-refractivity contribution in [1.29, 1.82) is 0 Å². The van der Waals surface area contributed by atoms with Gasteiger partial charge in [-0.1, -0.05) is 35.1 Å². The third kappa shape index (κ3) is 2.24. The Bertz CT molecular complexity index is 616. The maximum atomic E-state index is 5.71. The molecule has 0 spiro atoms. The molecule has 0 aliphatic carbocycles. The molecule has 2 nitrogen and oxygen atoms in total. The van der Waals surface area contributed by atoms with Crippen molar-refractivity contribution >= 4 is 32.3 Å². The van der Waals surface area contributed by atoms with Crippen LogP contribution < -0.4 is 5.73 Å². The second kappa shape index (κ2) is 4.34. The highest BCUT2D eigenvalue weighted by molar-refractivity contribution is 7.22. The number of thiazole rings is 1. The van der Waals surface area contributed by atoms with Crippen LogP contribution in [-0.4, -0.2) is 4.98 Å². The van der Waals surface area contributed by atoms with E-state index in [1.54, 1.807) is 0 Å². The lowest BCUT2D eigenvalue weighted by atomic mass is 9.96. The third-order valence-corrected chi connectivity index (χ3v) is 3.49. The second-order valence-corrected chi connectivity index (χ2v) is 5.45. The first-order valence-electron chi connectivity index (χ1n) is 5.49. The van der Waals surface area contributed by atoms with E-state index in [1.807, 2.05) is 6.92 Å². The lowest BCUT2D eigenvalue weighted by Gasteiger charge is -2.09. The molecule has 1 aromatic heterocycles. The molecule has 2 rings (SSSR count). The molecule has 0 saturated carbocycles. The number of hydrogen-bond donors (Lipinski definition) is 1. The molecule has 2 N–H and O–H groups in total. The average molecular weight is 244 g/mol. The van der Waals surface area contributed by atoms with Crippen molar-refractivity contribution in [1.82, 2.24) is 4.98 Å². The number of nitrogens with zero attached hydrogens (tertiary/aromatic N) is 1. The first kappa shape index (κ1) is 11.9. The predicted molar refractivity (Wildman–Crippen MR) is 77.1 cm³/mol. The standard InChI is InChI=1S/C14H16N2S/c1-8(2)13(9(3)4)10-5-6-12-11(7-10)16-14(15)17-12/h5-7H,1H2,2-4H3,(H2,15,16). The first-order chi connectivity index (χ1) is 7.99. The van der Waals surface area contributed by atoms with Crippen molar-refractivity contribution in [2.45, 2.75) is 20.8 Å². The van der Waals surface area contributed by atoms with Crippen LogP contribution in [0.4, 0.5) is 5.13 Å². The summed E-state index contributed by atoms with van der Waals surface area (Å²) in [6, 6.07) is 6.26. The van der Waals surface area contributed by atoms with Gasteiger partial charge in [0.15, 0.2) is 5.13 Å². The number of anilines is 1. The molecule has 0 aliphatic heterocycles. The summed E-state index contributed by atoms with van der Waals surface area (Å²) in [7, 11) is 0. The van der Waals surface area contributed by atoms with Crippen molar-refractivity contribution in [3.05, 3.63) is 41.5 Å². The lowest BCUT2D eigenvalue weighted by molar-refractivity contribution is 1.36. The van der Waals surface area contributed by atoms with Crippen LogP contribution in [0.2, 0.25) is 0 Å². The molecule has 88 valence electrons. The van der Waals surface area contributed by atoms with E-state index in [4.69, 9.17) is 5.73 Å². The normalized spacial score (nSPS) is 10.5. The zero-order valence-corrected chi connectivity index (χ0v) is 11.2. The Kier molecular flexibility index (Phi) is 3.03. The predicted octanol–water partition coefficient (Wildman–Crippen LogP) is 4.25. The molecule has 1 aromatic carbocycles. The molecule has 0 unspecified atom stereocenters. The van der Waals surface area contributed by atoms with Crippen LogP contribution in [0.5, 0.6) is 0 Å². The Morgan fingerprint density at radius 2 is 2.00 bits per heavy atom. The smallest absolute Gasteiger partial charge is 0.181 e. The van der Waals surface area contributed by atoms with Gasteiger partial charge in [0.2, 0.25) is 0 Å². The zero-order chi connectivity index (χ0) is 12.6. The van der Waals surface area contributed by atoms with Gasteiger partial charge in [-0.25, -0.2) is 4.98 Å². The molecule has 0 aliphatic rings. The zero-order valence-electron chi connectivity index (χ0n) is 10.4. The maximum Gasteiger partial charge on any atom is 0.181 e. The van der Waals surface area contributed by atoms with Crippen LogP contribution in [0.25, 0.3) is 15.8 Å². The number of hydrogen-bond acceptors (Lipinski definition) is 3. The highest BCUT2D eigenvalue weighted by Gasteiger charge is 2.07. The minimum Gasteiger partial charge on any atom is -0.375 e. The van der Waals surface area contributed by atoms with Gasteiger partial charge in [0.25, 0.3) is 0 Å². The van der Waals surface area contributed by atoms with Gasteiger partial charge in [0.05, 0.1) is 10.2 Å². The van der Waals surface area contributed by atoms with Gasteiger partial charge in [-0.15, -0.1) is 0 Å². The van der Waals surface area contributed by atoms with Gasteiger partial charge in [0.1, 0.15) is 0 Å². The van der Waals surface area contributed by atoms with Crippen LogP contribution in [-0.2, 0) is 0 Å². The molecule has 1 heterocycles. The van der Waals surface area contributed by atoms with Gasteiger partial charge < -0.3 is 5.73 Å². The Labute approximate surface area is 105 Å². The summed E-state index contributed by atoms with van der Waals surface area (Å²) in [4.78, 5) is 4.32. The molecule has 0 atom stereocenters. The number of nitrogen functional groups attached to an aromatic ring is 1. The molecule has 0 radical (unpaired) electrons. The number of aromatic nitrogens is 1. The van der Waals surface area contributed by atoms with E-state index in [-0.39, 0.29) is 0 Å². The summed E-state index contributed by atoms with van der Waals surface area (Å²) in [6.07, 6.45) is 0.